The first-order valence-electron chi connectivity index (χ1n) is 12.7. The van der Waals surface area contributed by atoms with Gasteiger partial charge in [-0.3, -0.25) is 4.40 Å². The predicted octanol–water partition coefficient (Wildman–Crippen LogP) is 9.25. The number of hydrogen-bond donors (Lipinski definition) is 0. The van der Waals surface area contributed by atoms with Crippen LogP contribution in [0.1, 0.15) is 0 Å². The van der Waals surface area contributed by atoms with E-state index >= 15 is 0 Å². The summed E-state index contributed by atoms with van der Waals surface area (Å²) in [5.74, 6) is 0.852. The first-order valence-corrected chi connectivity index (χ1v) is 13.5. The number of fused-ring (bicyclic) bond motifs is 6. The summed E-state index contributed by atoms with van der Waals surface area (Å²) in [4.78, 5) is 0. The quantitative estimate of drug-likeness (QED) is 0.240. The summed E-state index contributed by atoms with van der Waals surface area (Å²) >= 11 is 1.88. The second-order valence-corrected chi connectivity index (χ2v) is 10.6. The van der Waals surface area contributed by atoms with Crippen molar-refractivity contribution in [1.29, 1.82) is 0 Å². The van der Waals surface area contributed by atoms with Crippen LogP contribution in [0.15, 0.2) is 128 Å². The van der Waals surface area contributed by atoms with Crippen molar-refractivity contribution in [3.05, 3.63) is 128 Å². The van der Waals surface area contributed by atoms with Gasteiger partial charge in [0, 0.05) is 37.3 Å². The third kappa shape index (κ3) is 3.21. The number of hydrogen-bond acceptors (Lipinski definition) is 3. The standard InChI is InChI=1S/C34H21N3S/c1-2-8-22(9-3-1)26-12-6-14-29-30-15-7-13-27(32(30)38-31(26)29)24-16-18-25(19-17-24)33-35-36-34-28-11-5-4-10-23(28)20-21-37(33)34/h1-21H. The number of nitrogens with zero attached hydrogens (tertiary/aromatic N) is 3. The molecule has 0 saturated heterocycles. The van der Waals surface area contributed by atoms with Gasteiger partial charge in [-0.05, 0) is 33.7 Å². The number of thiophene rings is 1. The van der Waals surface area contributed by atoms with Crippen LogP contribution in [0.3, 0.4) is 0 Å². The molecule has 0 amide bonds. The van der Waals surface area contributed by atoms with Gasteiger partial charge in [-0.1, -0.05) is 115 Å². The van der Waals surface area contributed by atoms with E-state index in [0.29, 0.717) is 0 Å². The van der Waals surface area contributed by atoms with Crippen molar-refractivity contribution < 1.29 is 0 Å². The van der Waals surface area contributed by atoms with Gasteiger partial charge in [0.25, 0.3) is 0 Å². The molecule has 0 aliphatic rings. The Kier molecular flexibility index (Phi) is 4.69. The van der Waals surface area contributed by atoms with E-state index in [1.165, 1.54) is 47.8 Å². The van der Waals surface area contributed by atoms with E-state index < -0.39 is 0 Å². The van der Waals surface area contributed by atoms with Crippen molar-refractivity contribution in [2.24, 2.45) is 0 Å². The van der Waals surface area contributed by atoms with Crippen molar-refractivity contribution in [2.45, 2.75) is 0 Å². The van der Waals surface area contributed by atoms with Crippen LogP contribution in [0.2, 0.25) is 0 Å². The Hall–Kier alpha value is -4.80. The SMILES string of the molecule is c1ccc(-c2cccc3c2sc2c(-c4ccc(-c5nnc6c7ccccc7ccn56)cc4)cccc23)cc1. The minimum Gasteiger partial charge on any atom is -0.282 e. The fraction of sp³-hybridized carbons (Fsp3) is 0. The summed E-state index contributed by atoms with van der Waals surface area (Å²) in [6.07, 6.45) is 2.06. The highest BCUT2D eigenvalue weighted by atomic mass is 32.1. The third-order valence-corrected chi connectivity index (χ3v) is 8.65. The summed E-state index contributed by atoms with van der Waals surface area (Å²) in [6, 6.07) is 43.1. The largest absolute Gasteiger partial charge is 0.282 e. The van der Waals surface area contributed by atoms with E-state index in [2.05, 4.69) is 136 Å². The minimum absolute atomic E-state index is 0.852. The smallest absolute Gasteiger partial charge is 0.168 e. The van der Waals surface area contributed by atoms with Gasteiger partial charge in [-0.2, -0.15) is 0 Å². The molecular weight excluding hydrogens is 482 g/mol. The van der Waals surface area contributed by atoms with E-state index in [1.807, 2.05) is 17.4 Å². The third-order valence-electron chi connectivity index (χ3n) is 7.36. The molecule has 3 aromatic heterocycles. The molecule has 0 atom stereocenters. The summed E-state index contributed by atoms with van der Waals surface area (Å²) in [7, 11) is 0. The molecule has 0 N–H and O–H groups in total. The van der Waals surface area contributed by atoms with Crippen molar-refractivity contribution in [2.75, 3.05) is 0 Å². The molecule has 3 nitrogen and oxygen atoms in total. The Labute approximate surface area is 223 Å². The van der Waals surface area contributed by atoms with Gasteiger partial charge < -0.3 is 0 Å². The molecule has 0 unspecified atom stereocenters. The fourth-order valence-electron chi connectivity index (χ4n) is 5.51. The summed E-state index contributed by atoms with van der Waals surface area (Å²) < 4.78 is 4.73. The molecular formula is C34H21N3S. The van der Waals surface area contributed by atoms with E-state index in [4.69, 9.17) is 0 Å². The van der Waals surface area contributed by atoms with Crippen molar-refractivity contribution in [3.8, 4) is 33.6 Å². The molecule has 0 fully saturated rings. The molecule has 4 heteroatoms. The van der Waals surface area contributed by atoms with Crippen molar-refractivity contribution in [1.82, 2.24) is 14.6 Å². The van der Waals surface area contributed by atoms with Crippen LogP contribution in [-0.2, 0) is 0 Å². The van der Waals surface area contributed by atoms with Gasteiger partial charge >= 0.3 is 0 Å². The molecule has 38 heavy (non-hydrogen) atoms. The van der Waals surface area contributed by atoms with Crippen LogP contribution in [0.25, 0.3) is 70.2 Å². The lowest BCUT2D eigenvalue weighted by atomic mass is 9.99. The van der Waals surface area contributed by atoms with Crippen LogP contribution in [0.5, 0.6) is 0 Å². The van der Waals surface area contributed by atoms with Crippen LogP contribution in [0, 0.1) is 0 Å². The maximum Gasteiger partial charge on any atom is 0.168 e. The average molecular weight is 504 g/mol. The summed E-state index contributed by atoms with van der Waals surface area (Å²) in [5, 5.41) is 14.0. The normalized spacial score (nSPS) is 11.7. The number of benzene rings is 5. The van der Waals surface area contributed by atoms with Crippen LogP contribution < -0.4 is 0 Å². The lowest BCUT2D eigenvalue weighted by molar-refractivity contribution is 1.11. The topological polar surface area (TPSA) is 30.2 Å². The van der Waals surface area contributed by atoms with Gasteiger partial charge in [0.15, 0.2) is 11.5 Å². The summed E-state index contributed by atoms with van der Waals surface area (Å²) in [5.41, 5.74) is 6.93. The molecule has 0 radical (unpaired) electrons. The zero-order valence-corrected chi connectivity index (χ0v) is 21.2. The molecule has 0 bridgehead atoms. The maximum atomic E-state index is 4.55. The fourth-order valence-corrected chi connectivity index (χ4v) is 6.88. The van der Waals surface area contributed by atoms with Gasteiger partial charge in [0.2, 0.25) is 0 Å². The molecule has 5 aromatic carbocycles. The Balaban J connectivity index is 1.25. The van der Waals surface area contributed by atoms with Gasteiger partial charge in [0.05, 0.1) is 0 Å². The molecule has 8 rings (SSSR count). The minimum atomic E-state index is 0.852. The second kappa shape index (κ2) is 8.37. The number of pyridine rings is 1. The van der Waals surface area contributed by atoms with E-state index in [1.54, 1.807) is 0 Å². The van der Waals surface area contributed by atoms with Crippen LogP contribution >= 0.6 is 11.3 Å². The van der Waals surface area contributed by atoms with E-state index in [9.17, 15) is 0 Å². The molecule has 0 spiro atoms. The monoisotopic (exact) mass is 503 g/mol. The lowest BCUT2D eigenvalue weighted by Crippen LogP contribution is -1.90. The number of aromatic nitrogens is 3. The van der Waals surface area contributed by atoms with E-state index in [0.717, 1.165) is 22.4 Å². The zero-order valence-electron chi connectivity index (χ0n) is 20.4. The zero-order chi connectivity index (χ0) is 25.1. The second-order valence-electron chi connectivity index (χ2n) is 9.53. The van der Waals surface area contributed by atoms with Crippen molar-refractivity contribution >= 4 is 47.9 Å². The highest BCUT2D eigenvalue weighted by molar-refractivity contribution is 7.26. The lowest BCUT2D eigenvalue weighted by Gasteiger charge is -2.06. The summed E-state index contributed by atoms with van der Waals surface area (Å²) in [6.45, 7) is 0. The Bertz CT molecular complexity index is 2120. The van der Waals surface area contributed by atoms with E-state index in [-0.39, 0.29) is 0 Å². The molecule has 0 saturated carbocycles. The van der Waals surface area contributed by atoms with Gasteiger partial charge in [0.1, 0.15) is 0 Å². The molecule has 0 aliphatic carbocycles. The van der Waals surface area contributed by atoms with Crippen molar-refractivity contribution in [3.63, 3.8) is 0 Å². The van der Waals surface area contributed by atoms with Crippen LogP contribution in [-0.4, -0.2) is 14.6 Å². The Morgan fingerprint density at radius 1 is 0.474 bits per heavy atom. The molecule has 0 aliphatic heterocycles. The number of rotatable bonds is 3. The highest BCUT2D eigenvalue weighted by Crippen LogP contribution is 2.43. The molecule has 3 heterocycles. The van der Waals surface area contributed by atoms with Crippen LogP contribution in [0.4, 0.5) is 0 Å². The first kappa shape index (κ1) is 21.3. The molecule has 8 aromatic rings. The highest BCUT2D eigenvalue weighted by Gasteiger charge is 2.15. The predicted molar refractivity (Wildman–Crippen MR) is 160 cm³/mol. The Morgan fingerprint density at radius 2 is 1.08 bits per heavy atom. The average Bonchev–Trinajstić information content (AvgIpc) is 3.60. The maximum absolute atomic E-state index is 4.55. The Morgan fingerprint density at radius 3 is 1.82 bits per heavy atom. The first-order chi connectivity index (χ1) is 18.8. The van der Waals surface area contributed by atoms with Gasteiger partial charge in [-0.25, -0.2) is 0 Å². The molecule has 178 valence electrons. The van der Waals surface area contributed by atoms with Gasteiger partial charge in [-0.15, -0.1) is 21.5 Å².